The number of halogens is 1. The number of nitrogens with one attached hydrogen (secondary N) is 2. The first-order valence-corrected chi connectivity index (χ1v) is 13.3. The number of hydrogen-bond donors (Lipinski definition) is 3. The van der Waals surface area contributed by atoms with E-state index < -0.39 is 47.8 Å². The molecule has 1 aromatic rings. The number of benzene rings is 1. The van der Waals surface area contributed by atoms with Gasteiger partial charge in [-0.1, -0.05) is 26.0 Å². The van der Waals surface area contributed by atoms with Crippen LogP contribution in [0.1, 0.15) is 71.7 Å². The molecule has 1 fully saturated rings. The zero-order chi connectivity index (χ0) is 29.7. The third kappa shape index (κ3) is 8.91. The number of carbonyl (C=O) groups excluding carboxylic acids is 4. The van der Waals surface area contributed by atoms with E-state index in [4.69, 9.17) is 4.74 Å². The van der Waals surface area contributed by atoms with Gasteiger partial charge in [-0.15, -0.1) is 0 Å². The lowest BCUT2D eigenvalue weighted by molar-refractivity contribution is -0.145. The second-order valence-electron chi connectivity index (χ2n) is 11.8. The van der Waals surface area contributed by atoms with Crippen LogP contribution in [0.25, 0.3) is 0 Å². The Morgan fingerprint density at radius 3 is 2.33 bits per heavy atom. The number of alkyl halides is 1. The van der Waals surface area contributed by atoms with Crippen molar-refractivity contribution in [3.63, 3.8) is 0 Å². The molecule has 4 atom stereocenters. The maximum Gasteiger partial charge on any atom is 0.316 e. The van der Waals surface area contributed by atoms with Gasteiger partial charge in [0.1, 0.15) is 17.8 Å². The first-order chi connectivity index (χ1) is 18.0. The molecular weight excluding hydrogens is 507 g/mol. The van der Waals surface area contributed by atoms with E-state index in [2.05, 4.69) is 10.6 Å². The Hall–Kier alpha value is -3.21. The predicted octanol–water partition coefficient (Wildman–Crippen LogP) is 2.25. The summed E-state index contributed by atoms with van der Waals surface area (Å²) in [6.45, 7) is 12.5. The number of rotatable bonds is 10. The van der Waals surface area contributed by atoms with Gasteiger partial charge in [-0.05, 0) is 59.1 Å². The molecule has 0 saturated carbocycles. The average molecular weight is 551 g/mol. The molecule has 11 heteroatoms. The number of likely N-dealkylation sites (tertiary alicyclic amines) is 1. The molecule has 39 heavy (non-hydrogen) atoms. The summed E-state index contributed by atoms with van der Waals surface area (Å²) in [4.78, 5) is 55.1. The zero-order valence-corrected chi connectivity index (χ0v) is 24.2. The number of aliphatic hydroxyl groups is 1. The Bertz CT molecular complexity index is 1040. The van der Waals surface area contributed by atoms with E-state index in [1.54, 1.807) is 33.9 Å². The third-order valence-electron chi connectivity index (χ3n) is 6.35. The summed E-state index contributed by atoms with van der Waals surface area (Å²) in [5.41, 5.74) is -0.739. The highest BCUT2D eigenvalue weighted by atomic mass is 19.1. The second-order valence-corrected chi connectivity index (χ2v) is 11.8. The summed E-state index contributed by atoms with van der Waals surface area (Å²) in [6.07, 6.45) is -2.86. The van der Waals surface area contributed by atoms with Crippen LogP contribution in [0.3, 0.4) is 0 Å². The first kappa shape index (κ1) is 32.0. The summed E-state index contributed by atoms with van der Waals surface area (Å²) in [6, 6.07) is 3.88. The van der Waals surface area contributed by atoms with Crippen molar-refractivity contribution in [1.29, 1.82) is 0 Å². The van der Waals surface area contributed by atoms with Gasteiger partial charge in [0.15, 0.2) is 0 Å². The van der Waals surface area contributed by atoms with Crippen molar-refractivity contribution < 1.29 is 33.4 Å². The van der Waals surface area contributed by atoms with E-state index in [0.717, 1.165) is 0 Å². The van der Waals surface area contributed by atoms with Crippen molar-refractivity contribution in [1.82, 2.24) is 20.4 Å². The number of nitrogens with zero attached hydrogens (tertiary/aromatic N) is 2. The summed E-state index contributed by atoms with van der Waals surface area (Å²) in [7, 11) is 1.64. The average Bonchev–Trinajstić information content (AvgIpc) is 3.22. The lowest BCUT2D eigenvalue weighted by atomic mass is 10.0. The largest absolute Gasteiger partial charge is 0.451 e. The summed E-state index contributed by atoms with van der Waals surface area (Å²) in [5.74, 6) is -2.62. The maximum atomic E-state index is 14.6. The number of amides is 4. The second kappa shape index (κ2) is 13.2. The normalized spacial score (nSPS) is 19.0. The molecule has 218 valence electrons. The van der Waals surface area contributed by atoms with Gasteiger partial charge in [0.2, 0.25) is 11.8 Å². The number of β-amino-alcohol motifs (C(OH)–C–C–N with tert-alkyl or cyclic N) is 1. The van der Waals surface area contributed by atoms with Gasteiger partial charge in [0.05, 0.1) is 11.7 Å². The van der Waals surface area contributed by atoms with Gasteiger partial charge < -0.3 is 30.3 Å². The molecule has 1 aliphatic rings. The topological polar surface area (TPSA) is 128 Å². The Balaban J connectivity index is 2.27. The molecule has 1 saturated heterocycles. The Kier molecular flexibility index (Phi) is 10.9. The van der Waals surface area contributed by atoms with E-state index in [-0.39, 0.29) is 48.6 Å². The van der Waals surface area contributed by atoms with Crippen LogP contribution < -0.4 is 15.4 Å². The minimum atomic E-state index is -2.36. The molecule has 0 spiro atoms. The molecule has 3 N–H and O–H groups in total. The Morgan fingerprint density at radius 1 is 1.15 bits per heavy atom. The quantitative estimate of drug-likeness (QED) is 0.410. The highest BCUT2D eigenvalue weighted by Gasteiger charge is 2.43. The lowest BCUT2D eigenvalue weighted by Gasteiger charge is -2.32. The van der Waals surface area contributed by atoms with Crippen molar-refractivity contribution in [2.24, 2.45) is 5.92 Å². The minimum absolute atomic E-state index is 0.00192. The molecule has 2 rings (SSSR count). The highest BCUT2D eigenvalue weighted by molar-refractivity contribution is 6.00. The van der Waals surface area contributed by atoms with Crippen LogP contribution in [-0.4, -0.2) is 88.3 Å². The molecule has 1 aliphatic heterocycles. The van der Waals surface area contributed by atoms with Crippen molar-refractivity contribution in [3.05, 3.63) is 29.8 Å². The van der Waals surface area contributed by atoms with Gasteiger partial charge in [-0.3, -0.25) is 19.2 Å². The van der Waals surface area contributed by atoms with Gasteiger partial charge in [0.25, 0.3) is 11.8 Å². The van der Waals surface area contributed by atoms with Crippen molar-refractivity contribution >= 4 is 23.6 Å². The van der Waals surface area contributed by atoms with Crippen LogP contribution in [0.5, 0.6) is 5.75 Å². The summed E-state index contributed by atoms with van der Waals surface area (Å²) in [5, 5.41) is 15.5. The minimum Gasteiger partial charge on any atom is -0.451 e. The predicted molar refractivity (Wildman–Crippen MR) is 145 cm³/mol. The number of hydrogen-bond acceptors (Lipinski definition) is 6. The number of carbonyl (C=O) groups is 4. The first-order valence-electron chi connectivity index (χ1n) is 13.3. The van der Waals surface area contributed by atoms with Crippen LogP contribution in [-0.2, 0) is 14.4 Å². The Morgan fingerprint density at radius 2 is 1.77 bits per heavy atom. The smallest absolute Gasteiger partial charge is 0.316 e. The van der Waals surface area contributed by atoms with E-state index in [0.29, 0.717) is 0 Å². The number of ether oxygens (including phenoxy) is 1. The fraction of sp³-hybridized carbons (Fsp3) is 0.643. The van der Waals surface area contributed by atoms with Crippen LogP contribution in [0.15, 0.2) is 24.3 Å². The van der Waals surface area contributed by atoms with E-state index in [1.165, 1.54) is 28.0 Å². The fourth-order valence-corrected chi connectivity index (χ4v) is 4.26. The molecule has 0 radical (unpaired) electrons. The molecule has 0 aromatic heterocycles. The molecule has 1 heterocycles. The van der Waals surface area contributed by atoms with E-state index in [1.807, 2.05) is 27.7 Å². The molecule has 1 aromatic carbocycles. The van der Waals surface area contributed by atoms with Crippen molar-refractivity contribution in [2.45, 2.75) is 97.4 Å². The molecule has 0 bridgehead atoms. The molecule has 0 unspecified atom stereocenters. The maximum absolute atomic E-state index is 14.6. The molecule has 4 amide bonds. The fourth-order valence-electron chi connectivity index (χ4n) is 4.26. The van der Waals surface area contributed by atoms with Gasteiger partial charge >= 0.3 is 6.36 Å². The number of aliphatic hydroxyl groups excluding tert-OH is 1. The van der Waals surface area contributed by atoms with Crippen molar-refractivity contribution in [3.8, 4) is 5.75 Å². The number of likely N-dealkylation sites (N-methyl/N-ethyl adjacent to an activating group) is 1. The highest BCUT2D eigenvalue weighted by Crippen LogP contribution is 2.24. The van der Waals surface area contributed by atoms with Crippen molar-refractivity contribution in [2.75, 3.05) is 13.6 Å². The summed E-state index contributed by atoms with van der Waals surface area (Å²) < 4.78 is 19.8. The number of para-hydroxylation sites is 1. The SMILES string of the molecule is CC(C)C[C@@H](NC(=O)c1ccccc1O[C@H](F)C(=O)NC(C)(C)C)C(=O)N1C[C@@H](O)C[C@@H]1C(=O)N(C)C(C)C. The molecular formula is C28H43FN4O6. The van der Waals surface area contributed by atoms with E-state index in [9.17, 15) is 28.7 Å². The molecule has 0 aliphatic carbocycles. The van der Waals surface area contributed by atoms with Crippen LogP contribution in [0.4, 0.5) is 4.39 Å². The van der Waals surface area contributed by atoms with E-state index >= 15 is 0 Å². The molecule has 10 nitrogen and oxygen atoms in total. The zero-order valence-electron chi connectivity index (χ0n) is 24.2. The third-order valence-corrected chi connectivity index (χ3v) is 6.35. The monoisotopic (exact) mass is 550 g/mol. The lowest BCUT2D eigenvalue weighted by Crippen LogP contribution is -2.54. The van der Waals surface area contributed by atoms with Gasteiger partial charge in [-0.2, -0.15) is 4.39 Å². The standard InChI is InChI=1S/C28H43FN4O6/c1-16(2)13-20(26(37)33-15-18(34)14-21(33)27(38)32(8)17(3)4)30-24(35)19-11-9-10-12-22(19)39-23(29)25(36)31-28(5,6)7/h9-12,16-18,20-21,23,34H,13-15H2,1-8H3,(H,30,35)(H,31,36)/t18-,20+,21+,23-/m0/s1. The van der Waals surface area contributed by atoms with Gasteiger partial charge in [0, 0.05) is 31.6 Å². The van der Waals surface area contributed by atoms with Crippen LogP contribution >= 0.6 is 0 Å². The summed E-state index contributed by atoms with van der Waals surface area (Å²) >= 11 is 0. The van der Waals surface area contributed by atoms with Gasteiger partial charge in [-0.25, -0.2) is 0 Å². The Labute approximate surface area is 230 Å². The van der Waals surface area contributed by atoms with Crippen LogP contribution in [0, 0.1) is 5.92 Å². The van der Waals surface area contributed by atoms with Crippen LogP contribution in [0.2, 0.25) is 0 Å².